The van der Waals surface area contributed by atoms with E-state index in [0.717, 1.165) is 30.2 Å². The van der Waals surface area contributed by atoms with Gasteiger partial charge in [-0.25, -0.2) is 9.50 Å². The van der Waals surface area contributed by atoms with Crippen molar-refractivity contribution in [2.75, 3.05) is 18.0 Å². The molecule has 3 heterocycles. The Hall–Kier alpha value is -1.58. The largest absolute Gasteiger partial charge is 0.351 e. The fourth-order valence-electron chi connectivity index (χ4n) is 1.52. The summed E-state index contributed by atoms with van der Waals surface area (Å²) in [6.45, 7) is 4.17. The first-order valence-electron chi connectivity index (χ1n) is 4.41. The number of aryl methyl sites for hydroxylation is 1. The maximum absolute atomic E-state index is 4.43. The molecule has 1 saturated heterocycles. The molecule has 0 amide bonds. The molecule has 0 saturated carbocycles. The molecule has 4 heteroatoms. The zero-order valence-electron chi connectivity index (χ0n) is 7.44. The molecule has 0 bridgehead atoms. The third-order valence-corrected chi connectivity index (χ3v) is 2.22. The van der Waals surface area contributed by atoms with Gasteiger partial charge in [0.25, 0.3) is 0 Å². The normalized spacial score (nSPS) is 15.3. The van der Waals surface area contributed by atoms with Crippen molar-refractivity contribution in [3.63, 3.8) is 0 Å². The number of fused-ring (bicyclic) bond motifs is 1. The van der Waals surface area contributed by atoms with Crippen LogP contribution in [0.1, 0.15) is 5.82 Å². The average Bonchev–Trinajstić information content (AvgIpc) is 2.84. The molecule has 1 aliphatic rings. The van der Waals surface area contributed by atoms with Crippen LogP contribution in [-0.2, 0) is 0 Å². The van der Waals surface area contributed by atoms with Gasteiger partial charge in [0, 0.05) is 19.3 Å². The highest BCUT2D eigenvalue weighted by molar-refractivity contribution is 5.70. The van der Waals surface area contributed by atoms with E-state index >= 15 is 0 Å². The number of hydrogen-bond donors (Lipinski definition) is 0. The Kier molecular flexibility index (Phi) is 1.17. The molecule has 0 spiro atoms. The molecular formula is C9H10N4. The molecule has 3 rings (SSSR count). The summed E-state index contributed by atoms with van der Waals surface area (Å²) in [6, 6.07) is 4.05. The fourth-order valence-corrected chi connectivity index (χ4v) is 1.52. The Morgan fingerprint density at radius 1 is 1.38 bits per heavy atom. The zero-order chi connectivity index (χ0) is 8.84. The van der Waals surface area contributed by atoms with Crippen molar-refractivity contribution >= 4 is 11.3 Å². The number of nitrogens with zero attached hydrogens (tertiary/aromatic N) is 4. The Labute approximate surface area is 75.8 Å². The van der Waals surface area contributed by atoms with E-state index in [0.29, 0.717) is 0 Å². The average molecular weight is 174 g/mol. The summed E-state index contributed by atoms with van der Waals surface area (Å²) in [5.74, 6) is 1.89. The number of hydrogen-bond acceptors (Lipinski definition) is 3. The molecule has 1 fully saturated rings. The minimum Gasteiger partial charge on any atom is -0.351 e. The van der Waals surface area contributed by atoms with Gasteiger partial charge in [0.2, 0.25) is 0 Å². The van der Waals surface area contributed by atoms with Crippen molar-refractivity contribution in [1.29, 1.82) is 0 Å². The van der Waals surface area contributed by atoms with Gasteiger partial charge in [-0.3, -0.25) is 0 Å². The van der Waals surface area contributed by atoms with E-state index in [1.165, 1.54) is 0 Å². The number of rotatable bonds is 1. The zero-order valence-corrected chi connectivity index (χ0v) is 7.44. The maximum atomic E-state index is 4.43. The second kappa shape index (κ2) is 2.22. The van der Waals surface area contributed by atoms with Crippen LogP contribution in [0.15, 0.2) is 18.3 Å². The third-order valence-electron chi connectivity index (χ3n) is 2.22. The van der Waals surface area contributed by atoms with Gasteiger partial charge in [-0.15, -0.1) is 0 Å². The van der Waals surface area contributed by atoms with Crippen molar-refractivity contribution in [2.24, 2.45) is 0 Å². The van der Waals surface area contributed by atoms with Gasteiger partial charge in [0.15, 0.2) is 5.82 Å². The van der Waals surface area contributed by atoms with Crippen LogP contribution >= 0.6 is 0 Å². The van der Waals surface area contributed by atoms with Gasteiger partial charge < -0.3 is 4.90 Å². The molecule has 13 heavy (non-hydrogen) atoms. The Balaban J connectivity index is 2.33. The summed E-state index contributed by atoms with van der Waals surface area (Å²) in [5.41, 5.74) is 1.10. The highest BCUT2D eigenvalue weighted by atomic mass is 15.3. The molecular weight excluding hydrogens is 164 g/mol. The molecule has 0 aliphatic carbocycles. The molecule has 0 radical (unpaired) electrons. The Morgan fingerprint density at radius 2 is 2.23 bits per heavy atom. The molecule has 0 unspecified atom stereocenters. The van der Waals surface area contributed by atoms with E-state index in [2.05, 4.69) is 15.0 Å². The summed E-state index contributed by atoms with van der Waals surface area (Å²) in [4.78, 5) is 6.67. The molecule has 0 N–H and O–H groups in total. The fraction of sp³-hybridized carbons (Fsp3) is 0.333. The van der Waals surface area contributed by atoms with E-state index < -0.39 is 0 Å². The maximum Gasteiger partial charge on any atom is 0.156 e. The quantitative estimate of drug-likeness (QED) is 0.601. The van der Waals surface area contributed by atoms with Crippen molar-refractivity contribution in [1.82, 2.24) is 14.6 Å². The first kappa shape index (κ1) is 6.88. The van der Waals surface area contributed by atoms with Crippen molar-refractivity contribution in [3.8, 4) is 0 Å². The molecule has 2 aromatic heterocycles. The third kappa shape index (κ3) is 0.983. The van der Waals surface area contributed by atoms with Crippen molar-refractivity contribution in [2.45, 2.75) is 6.92 Å². The molecule has 0 atom stereocenters. The molecule has 66 valence electrons. The highest BCUT2D eigenvalue weighted by Gasteiger charge is 2.22. The lowest BCUT2D eigenvalue weighted by Gasteiger charge is -2.04. The van der Waals surface area contributed by atoms with E-state index in [1.807, 2.05) is 29.8 Å². The Bertz CT molecular complexity index is 456. The van der Waals surface area contributed by atoms with Gasteiger partial charge in [0.05, 0.1) is 0 Å². The summed E-state index contributed by atoms with van der Waals surface area (Å²) < 4.78 is 1.88. The van der Waals surface area contributed by atoms with Crippen molar-refractivity contribution in [3.05, 3.63) is 24.2 Å². The standard InChI is InChI=1S/C9H10N4/c1-7-10-9(12-5-6-12)8-3-2-4-13(8)11-7/h2-4H,5-6H2,1H3. The van der Waals surface area contributed by atoms with Gasteiger partial charge in [-0.2, -0.15) is 5.10 Å². The second-order valence-electron chi connectivity index (χ2n) is 3.31. The first-order valence-corrected chi connectivity index (χ1v) is 4.41. The second-order valence-corrected chi connectivity index (χ2v) is 3.31. The first-order chi connectivity index (χ1) is 6.34. The molecule has 1 aliphatic heterocycles. The monoisotopic (exact) mass is 174 g/mol. The molecule has 4 nitrogen and oxygen atoms in total. The molecule has 0 aromatic carbocycles. The lowest BCUT2D eigenvalue weighted by molar-refractivity contribution is 0.855. The number of anilines is 1. The van der Waals surface area contributed by atoms with Crippen LogP contribution in [0.3, 0.4) is 0 Å². The SMILES string of the molecule is Cc1nc(N2CC2)c2cccn2n1. The minimum absolute atomic E-state index is 0.825. The van der Waals surface area contributed by atoms with Crippen LogP contribution in [0.25, 0.3) is 5.52 Å². The summed E-state index contributed by atoms with van der Waals surface area (Å²) in [7, 11) is 0. The van der Waals surface area contributed by atoms with Crippen molar-refractivity contribution < 1.29 is 0 Å². The van der Waals surface area contributed by atoms with Crippen LogP contribution in [-0.4, -0.2) is 27.7 Å². The van der Waals surface area contributed by atoms with E-state index in [4.69, 9.17) is 0 Å². The highest BCUT2D eigenvalue weighted by Crippen LogP contribution is 2.23. The molecule has 2 aromatic rings. The minimum atomic E-state index is 0.825. The van der Waals surface area contributed by atoms with Gasteiger partial charge in [-0.05, 0) is 19.1 Å². The summed E-state index contributed by atoms with van der Waals surface area (Å²) in [6.07, 6.45) is 1.96. The van der Waals surface area contributed by atoms with E-state index in [1.54, 1.807) is 0 Å². The van der Waals surface area contributed by atoms with E-state index in [-0.39, 0.29) is 0 Å². The van der Waals surface area contributed by atoms with Crippen LogP contribution in [0.2, 0.25) is 0 Å². The Morgan fingerprint density at radius 3 is 3.00 bits per heavy atom. The predicted molar refractivity (Wildman–Crippen MR) is 49.9 cm³/mol. The summed E-state index contributed by atoms with van der Waals surface area (Å²) >= 11 is 0. The van der Waals surface area contributed by atoms with Gasteiger partial charge >= 0.3 is 0 Å². The van der Waals surface area contributed by atoms with Gasteiger partial charge in [0.1, 0.15) is 11.3 Å². The number of aromatic nitrogens is 3. The predicted octanol–water partition coefficient (Wildman–Crippen LogP) is 0.858. The lowest BCUT2D eigenvalue weighted by atomic mass is 10.5. The van der Waals surface area contributed by atoms with Crippen LogP contribution in [0, 0.1) is 6.92 Å². The summed E-state index contributed by atoms with van der Waals surface area (Å²) in [5, 5.41) is 4.29. The lowest BCUT2D eigenvalue weighted by Crippen LogP contribution is -2.03. The van der Waals surface area contributed by atoms with E-state index in [9.17, 15) is 0 Å². The topological polar surface area (TPSA) is 33.2 Å². The van der Waals surface area contributed by atoms with Crippen LogP contribution in [0.5, 0.6) is 0 Å². The smallest absolute Gasteiger partial charge is 0.156 e. The van der Waals surface area contributed by atoms with Crippen LogP contribution in [0.4, 0.5) is 5.82 Å². The van der Waals surface area contributed by atoms with Gasteiger partial charge in [-0.1, -0.05) is 0 Å². The van der Waals surface area contributed by atoms with Crippen LogP contribution < -0.4 is 4.90 Å².